The summed E-state index contributed by atoms with van der Waals surface area (Å²) in [6.07, 6.45) is 4.06. The number of nitrogens with one attached hydrogen (secondary N) is 1. The van der Waals surface area contributed by atoms with Gasteiger partial charge in [0.1, 0.15) is 5.75 Å². The highest BCUT2D eigenvalue weighted by Crippen LogP contribution is 2.36. The van der Waals surface area contributed by atoms with E-state index in [-0.39, 0.29) is 6.17 Å². The van der Waals surface area contributed by atoms with Gasteiger partial charge in [-0.3, -0.25) is 10.2 Å². The molecule has 0 radical (unpaired) electrons. The third kappa shape index (κ3) is 2.09. The van der Waals surface area contributed by atoms with Gasteiger partial charge in [-0.15, -0.1) is 0 Å². The monoisotopic (exact) mass is 296 g/mol. The molecule has 1 aromatic carbocycles. The van der Waals surface area contributed by atoms with Crippen molar-refractivity contribution in [1.29, 1.82) is 0 Å². The Labute approximate surface area is 110 Å². The fourth-order valence-electron chi connectivity index (χ4n) is 2.98. The van der Waals surface area contributed by atoms with Gasteiger partial charge in [0.15, 0.2) is 0 Å². The number of hydrogen-bond acceptors (Lipinski definition) is 3. The molecular formula is C13H17BrN2O. The Morgan fingerprint density at radius 2 is 2.24 bits per heavy atom. The highest BCUT2D eigenvalue weighted by Gasteiger charge is 2.36. The van der Waals surface area contributed by atoms with Crippen molar-refractivity contribution in [3.8, 4) is 5.75 Å². The van der Waals surface area contributed by atoms with Crippen molar-refractivity contribution in [2.24, 2.45) is 0 Å². The topological polar surface area (TPSA) is 35.5 Å². The summed E-state index contributed by atoms with van der Waals surface area (Å²) in [6, 6.07) is 6.30. The van der Waals surface area contributed by atoms with Gasteiger partial charge in [-0.1, -0.05) is 22.4 Å². The summed E-state index contributed by atoms with van der Waals surface area (Å²) >= 11 is 3.47. The molecule has 3 nitrogen and oxygen atoms in total. The minimum absolute atomic E-state index is 0.179. The van der Waals surface area contributed by atoms with Crippen molar-refractivity contribution in [2.75, 3.05) is 13.1 Å². The van der Waals surface area contributed by atoms with Crippen LogP contribution in [0.2, 0.25) is 0 Å². The van der Waals surface area contributed by atoms with Crippen molar-refractivity contribution in [3.05, 3.63) is 28.2 Å². The lowest BCUT2D eigenvalue weighted by Gasteiger charge is -2.33. The van der Waals surface area contributed by atoms with Gasteiger partial charge in [-0.25, -0.2) is 0 Å². The molecular weight excluding hydrogens is 280 g/mol. The van der Waals surface area contributed by atoms with Crippen LogP contribution in [0.4, 0.5) is 0 Å². The number of hydrogen-bond donors (Lipinski definition) is 2. The second kappa shape index (κ2) is 4.59. The Balaban J connectivity index is 1.91. The summed E-state index contributed by atoms with van der Waals surface area (Å²) in [6.45, 7) is 2.17. The van der Waals surface area contributed by atoms with E-state index in [1.54, 1.807) is 6.07 Å². The molecule has 0 amide bonds. The van der Waals surface area contributed by atoms with Crippen LogP contribution >= 0.6 is 15.9 Å². The third-order valence-corrected chi connectivity index (χ3v) is 4.33. The van der Waals surface area contributed by atoms with Crippen LogP contribution in [-0.2, 0) is 0 Å². The zero-order chi connectivity index (χ0) is 11.8. The van der Waals surface area contributed by atoms with Crippen LogP contribution in [-0.4, -0.2) is 29.1 Å². The average molecular weight is 297 g/mol. The lowest BCUT2D eigenvalue weighted by Crippen LogP contribution is -2.37. The molecule has 3 rings (SSSR count). The molecule has 2 aliphatic heterocycles. The smallest absolute Gasteiger partial charge is 0.121 e. The number of halogens is 1. The number of fused-ring (bicyclic) bond motifs is 1. The van der Waals surface area contributed by atoms with Gasteiger partial charge >= 0.3 is 0 Å². The predicted molar refractivity (Wildman–Crippen MR) is 70.9 cm³/mol. The Morgan fingerprint density at radius 3 is 3.12 bits per heavy atom. The lowest BCUT2D eigenvalue weighted by molar-refractivity contribution is 0.146. The molecule has 2 N–H and O–H groups in total. The molecule has 2 aliphatic rings. The zero-order valence-electron chi connectivity index (χ0n) is 9.69. The first-order valence-corrected chi connectivity index (χ1v) is 7.02. The van der Waals surface area contributed by atoms with E-state index in [0.29, 0.717) is 11.8 Å². The Hall–Kier alpha value is -0.580. The van der Waals surface area contributed by atoms with E-state index in [2.05, 4.69) is 26.1 Å². The van der Waals surface area contributed by atoms with Gasteiger partial charge in [-0.05, 0) is 31.0 Å². The van der Waals surface area contributed by atoms with E-state index in [1.165, 1.54) is 19.3 Å². The van der Waals surface area contributed by atoms with E-state index in [9.17, 15) is 5.11 Å². The van der Waals surface area contributed by atoms with Crippen molar-refractivity contribution >= 4 is 15.9 Å². The van der Waals surface area contributed by atoms with E-state index in [1.807, 2.05) is 12.1 Å². The van der Waals surface area contributed by atoms with Gasteiger partial charge in [0.25, 0.3) is 0 Å². The predicted octanol–water partition coefficient (Wildman–Crippen LogP) is 2.61. The van der Waals surface area contributed by atoms with Gasteiger partial charge in [0.05, 0.1) is 6.17 Å². The summed E-state index contributed by atoms with van der Waals surface area (Å²) in [5, 5.41) is 13.5. The first-order valence-electron chi connectivity index (χ1n) is 6.23. The van der Waals surface area contributed by atoms with Crippen LogP contribution in [0, 0.1) is 0 Å². The fourth-order valence-corrected chi connectivity index (χ4v) is 3.36. The molecule has 0 aliphatic carbocycles. The van der Waals surface area contributed by atoms with Crippen molar-refractivity contribution in [2.45, 2.75) is 31.5 Å². The molecule has 0 spiro atoms. The van der Waals surface area contributed by atoms with Crippen LogP contribution in [0.25, 0.3) is 0 Å². The summed E-state index contributed by atoms with van der Waals surface area (Å²) in [5.41, 5.74) is 0.990. The molecule has 2 fully saturated rings. The third-order valence-electron chi connectivity index (χ3n) is 3.84. The number of phenols is 1. The Kier molecular flexibility index (Phi) is 3.11. The van der Waals surface area contributed by atoms with Crippen LogP contribution in [0.1, 0.15) is 31.0 Å². The second-order valence-corrected chi connectivity index (χ2v) is 5.82. The first-order chi connectivity index (χ1) is 8.25. The maximum Gasteiger partial charge on any atom is 0.121 e. The van der Waals surface area contributed by atoms with Crippen molar-refractivity contribution in [3.63, 3.8) is 0 Å². The van der Waals surface area contributed by atoms with Gasteiger partial charge < -0.3 is 5.11 Å². The Morgan fingerprint density at radius 1 is 1.35 bits per heavy atom. The Bertz CT molecular complexity index is 424. The molecule has 2 heterocycles. The molecule has 1 aromatic rings. The molecule has 2 atom stereocenters. The van der Waals surface area contributed by atoms with Crippen molar-refractivity contribution in [1.82, 2.24) is 10.2 Å². The molecule has 2 unspecified atom stereocenters. The maximum atomic E-state index is 10.00. The highest BCUT2D eigenvalue weighted by atomic mass is 79.9. The maximum absolute atomic E-state index is 10.00. The quantitative estimate of drug-likeness (QED) is 0.836. The number of piperidine rings is 1. The van der Waals surface area contributed by atoms with E-state index < -0.39 is 0 Å². The normalized spacial score (nSPS) is 29.2. The largest absolute Gasteiger partial charge is 0.508 e. The average Bonchev–Trinajstić information content (AvgIpc) is 2.76. The van der Waals surface area contributed by atoms with Crippen LogP contribution in [0.3, 0.4) is 0 Å². The summed E-state index contributed by atoms with van der Waals surface area (Å²) in [4.78, 5) is 2.49. The highest BCUT2D eigenvalue weighted by molar-refractivity contribution is 9.10. The molecule has 0 aromatic heterocycles. The molecule has 0 saturated carbocycles. The van der Waals surface area contributed by atoms with E-state index in [4.69, 9.17) is 0 Å². The van der Waals surface area contributed by atoms with Crippen LogP contribution < -0.4 is 5.32 Å². The molecule has 17 heavy (non-hydrogen) atoms. The van der Waals surface area contributed by atoms with Crippen molar-refractivity contribution < 1.29 is 5.11 Å². The SMILES string of the molecule is Oc1ccc(Br)cc1C1NCC2CCCCN21. The molecule has 0 bridgehead atoms. The first kappa shape index (κ1) is 11.5. The summed E-state index contributed by atoms with van der Waals surface area (Å²) < 4.78 is 1.02. The minimum atomic E-state index is 0.179. The molecule has 92 valence electrons. The number of nitrogens with zero attached hydrogens (tertiary/aromatic N) is 1. The summed E-state index contributed by atoms with van der Waals surface area (Å²) in [5.74, 6) is 0.386. The van der Waals surface area contributed by atoms with E-state index >= 15 is 0 Å². The van der Waals surface area contributed by atoms with Gasteiger partial charge in [0, 0.05) is 29.2 Å². The van der Waals surface area contributed by atoms with E-state index in [0.717, 1.165) is 23.1 Å². The number of benzene rings is 1. The van der Waals surface area contributed by atoms with Gasteiger partial charge in [0.2, 0.25) is 0 Å². The minimum Gasteiger partial charge on any atom is -0.508 e. The number of aromatic hydroxyl groups is 1. The summed E-state index contributed by atoms with van der Waals surface area (Å²) in [7, 11) is 0. The van der Waals surface area contributed by atoms with Gasteiger partial charge in [-0.2, -0.15) is 0 Å². The van der Waals surface area contributed by atoms with Crippen LogP contribution in [0.15, 0.2) is 22.7 Å². The molecule has 4 heteroatoms. The second-order valence-electron chi connectivity index (χ2n) is 4.90. The number of rotatable bonds is 1. The standard InChI is InChI=1S/C13H17BrN2O/c14-9-4-5-12(17)11(7-9)13-15-8-10-3-1-2-6-16(10)13/h4-5,7,10,13,15,17H,1-3,6,8H2. The fraction of sp³-hybridized carbons (Fsp3) is 0.538. The number of phenolic OH excluding ortho intramolecular Hbond substituents is 1. The van der Waals surface area contributed by atoms with Crippen LogP contribution in [0.5, 0.6) is 5.75 Å². The zero-order valence-corrected chi connectivity index (χ0v) is 11.3. The molecule has 2 saturated heterocycles. The lowest BCUT2D eigenvalue weighted by atomic mass is 10.0.